The Morgan fingerprint density at radius 3 is 3.00 bits per heavy atom. The molecule has 0 bridgehead atoms. The highest BCUT2D eigenvalue weighted by molar-refractivity contribution is 7.99. The van der Waals surface area contributed by atoms with Gasteiger partial charge in [0.1, 0.15) is 6.04 Å². The van der Waals surface area contributed by atoms with E-state index in [0.29, 0.717) is 5.88 Å². The van der Waals surface area contributed by atoms with Gasteiger partial charge < -0.3 is 4.90 Å². The van der Waals surface area contributed by atoms with E-state index in [2.05, 4.69) is 6.07 Å². The van der Waals surface area contributed by atoms with E-state index in [1.807, 2.05) is 0 Å². The van der Waals surface area contributed by atoms with Crippen molar-refractivity contribution in [3.63, 3.8) is 0 Å². The molecule has 0 saturated carbocycles. The Hall–Kier alpha value is -0.690. The molecule has 1 fully saturated rings. The van der Waals surface area contributed by atoms with E-state index < -0.39 is 0 Å². The van der Waals surface area contributed by atoms with E-state index in [0.717, 1.165) is 5.75 Å². The molecule has 0 N–H and O–H groups in total. The number of carbonyl (C=O) groups is 1. The van der Waals surface area contributed by atoms with Crippen LogP contribution in [0.1, 0.15) is 6.92 Å². The summed E-state index contributed by atoms with van der Waals surface area (Å²) in [5, 5.41) is 8.53. The topological polar surface area (TPSA) is 44.1 Å². The zero-order valence-corrected chi connectivity index (χ0v) is 6.52. The molecule has 0 unspecified atom stereocenters. The summed E-state index contributed by atoms with van der Waals surface area (Å²) < 4.78 is 0. The highest BCUT2D eigenvalue weighted by Crippen LogP contribution is 2.19. The Morgan fingerprint density at radius 1 is 1.90 bits per heavy atom. The molecule has 0 aliphatic carbocycles. The number of carbonyl (C=O) groups excluding carboxylic acids is 1. The molecule has 1 rings (SSSR count). The van der Waals surface area contributed by atoms with Crippen LogP contribution in [-0.2, 0) is 4.79 Å². The molecule has 1 atom stereocenters. The molecular weight excluding hydrogens is 148 g/mol. The van der Waals surface area contributed by atoms with Gasteiger partial charge in [-0.15, -0.1) is 11.8 Å². The summed E-state index contributed by atoms with van der Waals surface area (Å²) in [6.45, 7) is 1.50. The van der Waals surface area contributed by atoms with Gasteiger partial charge in [-0.1, -0.05) is 0 Å². The fourth-order valence-corrected chi connectivity index (χ4v) is 2.00. The van der Waals surface area contributed by atoms with Gasteiger partial charge in [0.05, 0.1) is 11.9 Å². The zero-order chi connectivity index (χ0) is 7.56. The van der Waals surface area contributed by atoms with Crippen molar-refractivity contribution in [2.24, 2.45) is 0 Å². The molecule has 0 spiro atoms. The van der Waals surface area contributed by atoms with Gasteiger partial charge in [-0.3, -0.25) is 4.79 Å². The molecule has 1 heterocycles. The lowest BCUT2D eigenvalue weighted by Crippen LogP contribution is -2.33. The van der Waals surface area contributed by atoms with Gasteiger partial charge in [0.15, 0.2) is 0 Å². The van der Waals surface area contributed by atoms with Gasteiger partial charge in [-0.25, -0.2) is 0 Å². The third kappa shape index (κ3) is 1.24. The Bertz CT molecular complexity index is 187. The minimum atomic E-state index is -0.192. The summed E-state index contributed by atoms with van der Waals surface area (Å²) in [4.78, 5) is 12.4. The van der Waals surface area contributed by atoms with E-state index in [1.165, 1.54) is 6.92 Å². The highest BCUT2D eigenvalue weighted by Gasteiger charge is 2.26. The number of hydrogen-bond acceptors (Lipinski definition) is 3. The van der Waals surface area contributed by atoms with Crippen LogP contribution in [0.15, 0.2) is 0 Å². The van der Waals surface area contributed by atoms with Crippen LogP contribution in [0, 0.1) is 11.3 Å². The molecule has 1 amide bonds. The molecule has 0 aromatic carbocycles. The minimum Gasteiger partial charge on any atom is -0.317 e. The summed E-state index contributed by atoms with van der Waals surface area (Å²) in [7, 11) is 0. The maximum atomic E-state index is 10.8. The van der Waals surface area contributed by atoms with Crippen molar-refractivity contribution in [2.75, 3.05) is 11.6 Å². The number of rotatable bonds is 0. The molecule has 1 saturated heterocycles. The predicted molar refractivity (Wildman–Crippen MR) is 39.2 cm³/mol. The first kappa shape index (κ1) is 7.42. The summed E-state index contributed by atoms with van der Waals surface area (Å²) in [5.74, 6) is 1.43. The molecule has 54 valence electrons. The number of thioether (sulfide) groups is 1. The van der Waals surface area contributed by atoms with Crippen molar-refractivity contribution in [1.82, 2.24) is 4.90 Å². The van der Waals surface area contributed by atoms with Crippen molar-refractivity contribution in [3.8, 4) is 6.07 Å². The number of hydrogen-bond donors (Lipinski definition) is 0. The number of amides is 1. The van der Waals surface area contributed by atoms with Gasteiger partial charge in [-0.2, -0.15) is 5.26 Å². The lowest BCUT2D eigenvalue weighted by atomic mass is 10.3. The van der Waals surface area contributed by atoms with E-state index >= 15 is 0 Å². The first-order valence-corrected chi connectivity index (χ1v) is 4.15. The largest absolute Gasteiger partial charge is 0.317 e. The second kappa shape index (κ2) is 2.93. The first-order valence-electron chi connectivity index (χ1n) is 3.00. The van der Waals surface area contributed by atoms with Crippen LogP contribution in [0.4, 0.5) is 0 Å². The third-order valence-electron chi connectivity index (χ3n) is 1.44. The van der Waals surface area contributed by atoms with Crippen molar-refractivity contribution < 1.29 is 4.79 Å². The smallest absolute Gasteiger partial charge is 0.221 e. The van der Waals surface area contributed by atoms with E-state index in [1.54, 1.807) is 16.7 Å². The Balaban J connectivity index is 2.61. The highest BCUT2D eigenvalue weighted by atomic mass is 32.2. The van der Waals surface area contributed by atoms with Crippen LogP contribution in [0.25, 0.3) is 0 Å². The normalized spacial score (nSPS) is 24.4. The van der Waals surface area contributed by atoms with Crippen molar-refractivity contribution in [1.29, 1.82) is 5.26 Å². The van der Waals surface area contributed by atoms with Crippen molar-refractivity contribution in [3.05, 3.63) is 0 Å². The second-order valence-corrected chi connectivity index (χ2v) is 3.13. The monoisotopic (exact) mass is 156 g/mol. The fourth-order valence-electron chi connectivity index (χ4n) is 0.860. The van der Waals surface area contributed by atoms with Gasteiger partial charge in [0, 0.05) is 12.7 Å². The van der Waals surface area contributed by atoms with E-state index in [9.17, 15) is 4.79 Å². The maximum absolute atomic E-state index is 10.8. The van der Waals surface area contributed by atoms with E-state index in [-0.39, 0.29) is 11.9 Å². The van der Waals surface area contributed by atoms with Crippen LogP contribution in [0.3, 0.4) is 0 Å². The fraction of sp³-hybridized carbons (Fsp3) is 0.667. The maximum Gasteiger partial charge on any atom is 0.221 e. The molecule has 1 aliphatic heterocycles. The van der Waals surface area contributed by atoms with Crippen molar-refractivity contribution in [2.45, 2.75) is 13.0 Å². The molecule has 3 nitrogen and oxygen atoms in total. The summed E-state index contributed by atoms with van der Waals surface area (Å²) in [5.41, 5.74) is 0. The molecule has 0 aromatic heterocycles. The number of nitriles is 1. The third-order valence-corrected chi connectivity index (χ3v) is 2.45. The van der Waals surface area contributed by atoms with Gasteiger partial charge >= 0.3 is 0 Å². The van der Waals surface area contributed by atoms with Crippen LogP contribution >= 0.6 is 11.8 Å². The standard InChI is InChI=1S/C6H8N2OS/c1-5(9)8-4-10-3-6(8)2-7/h6H,3-4H2,1H3/t6-/m1/s1. The van der Waals surface area contributed by atoms with Crippen molar-refractivity contribution >= 4 is 17.7 Å². The van der Waals surface area contributed by atoms with Crippen LogP contribution < -0.4 is 0 Å². The average molecular weight is 156 g/mol. The molecule has 4 heteroatoms. The SMILES string of the molecule is CC(=O)N1CSC[C@H]1C#N. The quantitative estimate of drug-likeness (QED) is 0.511. The van der Waals surface area contributed by atoms with Crippen LogP contribution in [0.2, 0.25) is 0 Å². The summed E-state index contributed by atoms with van der Waals surface area (Å²) in [6, 6.07) is 1.89. The molecule has 0 aromatic rings. The average Bonchev–Trinajstić information content (AvgIpc) is 2.33. The van der Waals surface area contributed by atoms with Crippen LogP contribution in [-0.4, -0.2) is 28.5 Å². The molecule has 0 radical (unpaired) electrons. The predicted octanol–water partition coefficient (Wildman–Crippen LogP) is 0.431. The van der Waals surface area contributed by atoms with Gasteiger partial charge in [-0.05, 0) is 0 Å². The molecular formula is C6H8N2OS. The lowest BCUT2D eigenvalue weighted by Gasteiger charge is -2.14. The lowest BCUT2D eigenvalue weighted by molar-refractivity contribution is -0.128. The van der Waals surface area contributed by atoms with Crippen LogP contribution in [0.5, 0.6) is 0 Å². The second-order valence-electron chi connectivity index (χ2n) is 2.13. The summed E-state index contributed by atoms with van der Waals surface area (Å²) in [6.07, 6.45) is 0. The Morgan fingerprint density at radius 2 is 2.60 bits per heavy atom. The first-order chi connectivity index (χ1) is 4.75. The minimum absolute atomic E-state index is 0.00319. The zero-order valence-electron chi connectivity index (χ0n) is 5.70. The van der Waals surface area contributed by atoms with E-state index in [4.69, 9.17) is 5.26 Å². The van der Waals surface area contributed by atoms with Gasteiger partial charge in [0.2, 0.25) is 5.91 Å². The molecule has 1 aliphatic rings. The van der Waals surface area contributed by atoms with Gasteiger partial charge in [0.25, 0.3) is 0 Å². The number of nitrogens with zero attached hydrogens (tertiary/aromatic N) is 2. The Kier molecular flexibility index (Phi) is 2.17. The molecule has 10 heavy (non-hydrogen) atoms. The summed E-state index contributed by atoms with van der Waals surface area (Å²) >= 11 is 1.63. The Labute approximate surface area is 64.0 Å².